The highest BCUT2D eigenvalue weighted by molar-refractivity contribution is 5.91. The molecule has 2 N–H and O–H groups in total. The Hall–Kier alpha value is -1.93. The first kappa shape index (κ1) is 15.5. The zero-order valence-corrected chi connectivity index (χ0v) is 11.9. The SMILES string of the molecule is Cc1cc(NC(=O)CN2CCC(OCC(=O)O)CC2)no1. The second-order valence-electron chi connectivity index (χ2n) is 5.05. The number of aliphatic carboxylic acids is 1. The van der Waals surface area contributed by atoms with E-state index in [1.807, 2.05) is 4.90 Å². The number of carbonyl (C=O) groups excluding carboxylic acids is 1. The average Bonchev–Trinajstić information content (AvgIpc) is 2.83. The standard InChI is InChI=1S/C13H19N3O5/c1-9-6-11(15-21-9)14-12(17)7-16-4-2-10(3-5-16)20-8-13(18)19/h6,10H,2-5,7-8H2,1H3,(H,18,19)(H,14,15,17). The lowest BCUT2D eigenvalue weighted by Crippen LogP contribution is -2.41. The van der Waals surface area contributed by atoms with E-state index < -0.39 is 5.97 Å². The molecule has 1 aromatic rings. The molecule has 1 fully saturated rings. The number of piperidine rings is 1. The number of aryl methyl sites for hydroxylation is 1. The predicted molar refractivity (Wildman–Crippen MR) is 72.9 cm³/mol. The number of hydrogen-bond acceptors (Lipinski definition) is 6. The summed E-state index contributed by atoms with van der Waals surface area (Å²) in [5, 5.41) is 14.9. The third-order valence-electron chi connectivity index (χ3n) is 3.24. The molecule has 116 valence electrons. The Morgan fingerprint density at radius 3 is 2.81 bits per heavy atom. The highest BCUT2D eigenvalue weighted by Gasteiger charge is 2.22. The van der Waals surface area contributed by atoms with E-state index in [4.69, 9.17) is 14.4 Å². The summed E-state index contributed by atoms with van der Waals surface area (Å²) >= 11 is 0. The molecule has 1 amide bonds. The maximum atomic E-state index is 11.8. The molecule has 0 radical (unpaired) electrons. The summed E-state index contributed by atoms with van der Waals surface area (Å²) in [5.41, 5.74) is 0. The molecule has 1 aliphatic rings. The van der Waals surface area contributed by atoms with Crippen LogP contribution in [0.15, 0.2) is 10.6 Å². The normalized spacial score (nSPS) is 16.8. The number of likely N-dealkylation sites (tertiary alicyclic amines) is 1. The summed E-state index contributed by atoms with van der Waals surface area (Å²) in [4.78, 5) is 24.3. The van der Waals surface area contributed by atoms with Gasteiger partial charge in [0.1, 0.15) is 12.4 Å². The fourth-order valence-electron chi connectivity index (χ4n) is 2.23. The van der Waals surface area contributed by atoms with Crippen LogP contribution in [0, 0.1) is 6.92 Å². The minimum absolute atomic E-state index is 0.0430. The third kappa shape index (κ3) is 5.16. The summed E-state index contributed by atoms with van der Waals surface area (Å²) in [6.07, 6.45) is 1.41. The number of aromatic nitrogens is 1. The van der Waals surface area contributed by atoms with Crippen LogP contribution in [0.3, 0.4) is 0 Å². The Labute approximate surface area is 122 Å². The molecule has 0 atom stereocenters. The van der Waals surface area contributed by atoms with Gasteiger partial charge in [-0.2, -0.15) is 0 Å². The van der Waals surface area contributed by atoms with Crippen LogP contribution in [0.1, 0.15) is 18.6 Å². The molecule has 8 nitrogen and oxygen atoms in total. The van der Waals surface area contributed by atoms with Crippen LogP contribution in [-0.2, 0) is 14.3 Å². The van der Waals surface area contributed by atoms with Crippen molar-refractivity contribution in [2.45, 2.75) is 25.9 Å². The van der Waals surface area contributed by atoms with Crippen LogP contribution in [0.5, 0.6) is 0 Å². The van der Waals surface area contributed by atoms with Crippen LogP contribution >= 0.6 is 0 Å². The lowest BCUT2D eigenvalue weighted by molar-refractivity contribution is -0.145. The van der Waals surface area contributed by atoms with Gasteiger partial charge in [-0.15, -0.1) is 0 Å². The number of hydrogen-bond donors (Lipinski definition) is 2. The Bertz CT molecular complexity index is 494. The molecular weight excluding hydrogens is 278 g/mol. The fraction of sp³-hybridized carbons (Fsp3) is 0.615. The van der Waals surface area contributed by atoms with Crippen molar-refractivity contribution in [1.82, 2.24) is 10.1 Å². The average molecular weight is 297 g/mol. The molecule has 0 spiro atoms. The van der Waals surface area contributed by atoms with Crippen molar-refractivity contribution in [3.63, 3.8) is 0 Å². The van der Waals surface area contributed by atoms with Gasteiger partial charge in [-0.3, -0.25) is 9.69 Å². The van der Waals surface area contributed by atoms with Crippen LogP contribution in [0.25, 0.3) is 0 Å². The Balaban J connectivity index is 1.68. The number of ether oxygens (including phenoxy) is 1. The molecule has 0 bridgehead atoms. The molecule has 0 saturated carbocycles. The molecule has 0 aliphatic carbocycles. The quantitative estimate of drug-likeness (QED) is 0.787. The molecule has 0 unspecified atom stereocenters. The van der Waals surface area contributed by atoms with E-state index in [9.17, 15) is 9.59 Å². The zero-order chi connectivity index (χ0) is 15.2. The number of nitrogens with one attached hydrogen (secondary N) is 1. The second kappa shape index (κ2) is 7.19. The maximum absolute atomic E-state index is 11.8. The number of carbonyl (C=O) groups is 2. The van der Waals surface area contributed by atoms with E-state index in [0.717, 1.165) is 12.8 Å². The van der Waals surface area contributed by atoms with E-state index in [-0.39, 0.29) is 25.2 Å². The van der Waals surface area contributed by atoms with E-state index in [0.29, 0.717) is 24.7 Å². The second-order valence-corrected chi connectivity index (χ2v) is 5.05. The van der Waals surface area contributed by atoms with Crippen LogP contribution in [0.4, 0.5) is 5.82 Å². The van der Waals surface area contributed by atoms with Gasteiger partial charge in [0.2, 0.25) is 5.91 Å². The van der Waals surface area contributed by atoms with Gasteiger partial charge in [0.15, 0.2) is 5.82 Å². The molecule has 2 rings (SSSR count). The van der Waals surface area contributed by atoms with Gasteiger partial charge in [0, 0.05) is 19.2 Å². The summed E-state index contributed by atoms with van der Waals surface area (Å²) in [6, 6.07) is 1.66. The van der Waals surface area contributed by atoms with Crippen LogP contribution in [-0.4, -0.2) is 59.4 Å². The number of amides is 1. The smallest absolute Gasteiger partial charge is 0.329 e. The monoisotopic (exact) mass is 297 g/mol. The van der Waals surface area contributed by atoms with Gasteiger partial charge >= 0.3 is 5.97 Å². The van der Waals surface area contributed by atoms with Crippen molar-refractivity contribution >= 4 is 17.7 Å². The lowest BCUT2D eigenvalue weighted by Gasteiger charge is -2.30. The lowest BCUT2D eigenvalue weighted by atomic mass is 10.1. The van der Waals surface area contributed by atoms with E-state index in [2.05, 4.69) is 10.5 Å². The minimum atomic E-state index is -0.959. The molecule has 1 aromatic heterocycles. The topological polar surface area (TPSA) is 105 Å². The van der Waals surface area contributed by atoms with E-state index in [1.54, 1.807) is 13.0 Å². The van der Waals surface area contributed by atoms with E-state index in [1.165, 1.54) is 0 Å². The highest BCUT2D eigenvalue weighted by atomic mass is 16.5. The first-order chi connectivity index (χ1) is 10.0. The van der Waals surface area contributed by atoms with E-state index >= 15 is 0 Å². The van der Waals surface area contributed by atoms with Gasteiger partial charge in [-0.05, 0) is 19.8 Å². The summed E-state index contributed by atoms with van der Waals surface area (Å²) in [7, 11) is 0. The Kier molecular flexibility index (Phi) is 5.29. The summed E-state index contributed by atoms with van der Waals surface area (Å²) in [5.74, 6) is -0.0493. The zero-order valence-electron chi connectivity index (χ0n) is 11.9. The van der Waals surface area contributed by atoms with Crippen molar-refractivity contribution in [3.05, 3.63) is 11.8 Å². The molecule has 1 saturated heterocycles. The van der Waals surface area contributed by atoms with Gasteiger partial charge in [0.25, 0.3) is 0 Å². The number of anilines is 1. The largest absolute Gasteiger partial charge is 0.480 e. The minimum Gasteiger partial charge on any atom is -0.480 e. The summed E-state index contributed by atoms with van der Waals surface area (Å²) < 4.78 is 10.1. The van der Waals surface area contributed by atoms with Crippen molar-refractivity contribution in [2.75, 3.05) is 31.6 Å². The van der Waals surface area contributed by atoms with Gasteiger partial charge in [-0.1, -0.05) is 5.16 Å². The van der Waals surface area contributed by atoms with Crippen molar-refractivity contribution in [1.29, 1.82) is 0 Å². The molecule has 21 heavy (non-hydrogen) atoms. The summed E-state index contributed by atoms with van der Waals surface area (Å²) in [6.45, 7) is 3.17. The molecule has 2 heterocycles. The van der Waals surface area contributed by atoms with Crippen LogP contribution in [0.2, 0.25) is 0 Å². The first-order valence-corrected chi connectivity index (χ1v) is 6.82. The molecule has 8 heteroatoms. The predicted octanol–water partition coefficient (Wildman–Crippen LogP) is 0.487. The first-order valence-electron chi connectivity index (χ1n) is 6.82. The van der Waals surface area contributed by atoms with Gasteiger partial charge in [0.05, 0.1) is 12.6 Å². The number of carboxylic acids is 1. The van der Waals surface area contributed by atoms with Crippen molar-refractivity contribution in [2.24, 2.45) is 0 Å². The van der Waals surface area contributed by atoms with Gasteiger partial charge in [-0.25, -0.2) is 4.79 Å². The van der Waals surface area contributed by atoms with Crippen LogP contribution < -0.4 is 5.32 Å². The third-order valence-corrected chi connectivity index (χ3v) is 3.24. The maximum Gasteiger partial charge on any atom is 0.329 e. The Morgan fingerprint density at radius 2 is 2.24 bits per heavy atom. The fourth-order valence-corrected chi connectivity index (χ4v) is 2.23. The van der Waals surface area contributed by atoms with Crippen molar-refractivity contribution < 1.29 is 24.0 Å². The van der Waals surface area contributed by atoms with Gasteiger partial charge < -0.3 is 19.7 Å². The number of carboxylic acid groups (broad SMARTS) is 1. The molecule has 1 aliphatic heterocycles. The Morgan fingerprint density at radius 1 is 1.52 bits per heavy atom. The number of nitrogens with zero attached hydrogens (tertiary/aromatic N) is 2. The number of rotatable bonds is 6. The molecule has 0 aromatic carbocycles. The van der Waals surface area contributed by atoms with Crippen molar-refractivity contribution in [3.8, 4) is 0 Å². The highest BCUT2D eigenvalue weighted by Crippen LogP contribution is 2.14. The molecular formula is C13H19N3O5.